The summed E-state index contributed by atoms with van der Waals surface area (Å²) < 4.78 is 5.17. The summed E-state index contributed by atoms with van der Waals surface area (Å²) in [7, 11) is 0. The molecule has 5 amide bonds. The lowest BCUT2D eigenvalue weighted by atomic mass is 10.1. The summed E-state index contributed by atoms with van der Waals surface area (Å²) in [5.41, 5.74) is -0.498. The van der Waals surface area contributed by atoms with E-state index in [4.69, 9.17) is 4.42 Å². The molecule has 162 valence electrons. The van der Waals surface area contributed by atoms with Crippen LogP contribution in [-0.2, 0) is 4.79 Å². The van der Waals surface area contributed by atoms with Crippen LogP contribution in [0.4, 0.5) is 4.79 Å². The zero-order valence-electron chi connectivity index (χ0n) is 16.9. The van der Waals surface area contributed by atoms with Crippen LogP contribution in [0.25, 0.3) is 0 Å². The van der Waals surface area contributed by atoms with Crippen LogP contribution in [0.3, 0.4) is 0 Å². The molecule has 1 unspecified atom stereocenters. The first kappa shape index (κ1) is 21.0. The Bertz CT molecular complexity index is 1020. The number of thioether (sulfide) groups is 1. The molecule has 2 aliphatic rings. The molecule has 2 aromatic rings. The van der Waals surface area contributed by atoms with Crippen molar-refractivity contribution in [3.8, 4) is 0 Å². The van der Waals surface area contributed by atoms with Gasteiger partial charge in [0.25, 0.3) is 17.7 Å². The molecule has 0 aliphatic carbocycles. The predicted molar refractivity (Wildman–Crippen MR) is 113 cm³/mol. The summed E-state index contributed by atoms with van der Waals surface area (Å²) in [4.78, 5) is 53.2. The van der Waals surface area contributed by atoms with Crippen LogP contribution in [0.2, 0.25) is 0 Å². The summed E-state index contributed by atoms with van der Waals surface area (Å²) in [6.45, 7) is 3.33. The van der Waals surface area contributed by atoms with E-state index >= 15 is 0 Å². The van der Waals surface area contributed by atoms with Crippen LogP contribution in [0.5, 0.6) is 0 Å². The third-order valence-corrected chi connectivity index (χ3v) is 6.73. The monoisotopic (exact) mass is 442 g/mol. The van der Waals surface area contributed by atoms with Gasteiger partial charge in [-0.2, -0.15) is 0 Å². The third-order valence-electron chi connectivity index (χ3n) is 5.34. The molecule has 0 radical (unpaired) electrons. The number of nitrogens with one attached hydrogen (secondary N) is 2. The highest BCUT2D eigenvalue weighted by atomic mass is 32.2. The topological polar surface area (TPSA) is 112 Å². The molecule has 0 bridgehead atoms. The maximum absolute atomic E-state index is 13.2. The van der Waals surface area contributed by atoms with Crippen LogP contribution in [0.1, 0.15) is 27.8 Å². The zero-order chi connectivity index (χ0) is 22.0. The Morgan fingerprint density at radius 1 is 1.03 bits per heavy atom. The van der Waals surface area contributed by atoms with Crippen molar-refractivity contribution in [3.63, 3.8) is 0 Å². The van der Waals surface area contributed by atoms with E-state index < -0.39 is 11.6 Å². The van der Waals surface area contributed by atoms with Gasteiger partial charge in [-0.05, 0) is 31.2 Å². The predicted octanol–water partition coefficient (Wildman–Crippen LogP) is 1.57. The standard InChI is InChI=1S/C21H22N4O5S/c1-21(19(28)22-20(29)23-21)13-31-16-7-3-2-5-14(16)17(26)24-8-10-25(11-9-24)18(27)15-6-4-12-30-15/h2-7,12H,8-11,13H2,1H3,(H2,22,23,28,29). The van der Waals surface area contributed by atoms with Gasteiger partial charge in [-0.15, -0.1) is 11.8 Å². The maximum atomic E-state index is 13.2. The van der Waals surface area contributed by atoms with Gasteiger partial charge in [0.05, 0.1) is 11.8 Å². The fourth-order valence-electron chi connectivity index (χ4n) is 3.51. The number of benzene rings is 1. The lowest BCUT2D eigenvalue weighted by Crippen LogP contribution is -2.50. The molecule has 2 N–H and O–H groups in total. The van der Waals surface area contributed by atoms with E-state index in [-0.39, 0.29) is 23.5 Å². The first-order chi connectivity index (χ1) is 14.9. The number of amides is 5. The summed E-state index contributed by atoms with van der Waals surface area (Å²) in [6, 6.07) is 9.98. The van der Waals surface area contributed by atoms with E-state index in [9.17, 15) is 19.2 Å². The normalized spacial score (nSPS) is 21.1. The van der Waals surface area contributed by atoms with Crippen LogP contribution < -0.4 is 10.6 Å². The van der Waals surface area contributed by atoms with Crippen molar-refractivity contribution in [2.24, 2.45) is 0 Å². The Labute approximate surface area is 183 Å². The van der Waals surface area contributed by atoms with Gasteiger partial charge < -0.3 is 19.5 Å². The average molecular weight is 442 g/mol. The average Bonchev–Trinajstić information content (AvgIpc) is 3.40. The molecule has 31 heavy (non-hydrogen) atoms. The minimum Gasteiger partial charge on any atom is -0.459 e. The van der Waals surface area contributed by atoms with Crippen molar-refractivity contribution in [2.45, 2.75) is 17.4 Å². The van der Waals surface area contributed by atoms with Gasteiger partial charge in [0.2, 0.25) is 0 Å². The highest BCUT2D eigenvalue weighted by Gasteiger charge is 2.42. The van der Waals surface area contributed by atoms with Gasteiger partial charge in [-0.25, -0.2) is 4.79 Å². The van der Waals surface area contributed by atoms with Crippen LogP contribution in [0, 0.1) is 0 Å². The smallest absolute Gasteiger partial charge is 0.322 e. The highest BCUT2D eigenvalue weighted by Crippen LogP contribution is 2.28. The molecule has 3 heterocycles. The molecular weight excluding hydrogens is 420 g/mol. The van der Waals surface area contributed by atoms with Crippen molar-refractivity contribution in [1.82, 2.24) is 20.4 Å². The number of rotatable bonds is 5. The first-order valence-corrected chi connectivity index (χ1v) is 10.8. The third kappa shape index (κ3) is 4.29. The number of carbonyl (C=O) groups excluding carboxylic acids is 4. The van der Waals surface area contributed by atoms with E-state index in [1.807, 2.05) is 12.1 Å². The molecule has 1 aromatic heterocycles. The van der Waals surface area contributed by atoms with E-state index in [0.29, 0.717) is 37.5 Å². The molecular formula is C21H22N4O5S. The van der Waals surface area contributed by atoms with Crippen LogP contribution in [-0.4, -0.2) is 71.0 Å². The van der Waals surface area contributed by atoms with Crippen molar-refractivity contribution >= 4 is 35.5 Å². The summed E-state index contributed by atoms with van der Waals surface area (Å²) in [5, 5.41) is 4.87. The number of hydrogen-bond donors (Lipinski definition) is 2. The molecule has 2 fully saturated rings. The van der Waals surface area contributed by atoms with E-state index in [1.165, 1.54) is 18.0 Å². The number of hydrogen-bond acceptors (Lipinski definition) is 6. The molecule has 2 saturated heterocycles. The lowest BCUT2D eigenvalue weighted by molar-refractivity contribution is -0.122. The maximum Gasteiger partial charge on any atom is 0.322 e. The van der Waals surface area contributed by atoms with Gasteiger partial charge in [0.1, 0.15) is 5.54 Å². The molecule has 0 saturated carbocycles. The van der Waals surface area contributed by atoms with Crippen molar-refractivity contribution in [3.05, 3.63) is 54.0 Å². The van der Waals surface area contributed by atoms with E-state index in [0.717, 1.165) is 4.90 Å². The molecule has 1 aromatic carbocycles. The number of piperazine rings is 1. The first-order valence-electron chi connectivity index (χ1n) is 9.85. The number of furan rings is 1. The molecule has 0 spiro atoms. The molecule has 1 atom stereocenters. The molecule has 4 rings (SSSR count). The number of urea groups is 1. The quantitative estimate of drug-likeness (QED) is 0.537. The summed E-state index contributed by atoms with van der Waals surface area (Å²) in [6.07, 6.45) is 1.46. The highest BCUT2D eigenvalue weighted by molar-refractivity contribution is 7.99. The largest absolute Gasteiger partial charge is 0.459 e. The second kappa shape index (κ2) is 8.46. The second-order valence-electron chi connectivity index (χ2n) is 7.59. The van der Waals surface area contributed by atoms with E-state index in [1.54, 1.807) is 41.0 Å². The number of imide groups is 1. The summed E-state index contributed by atoms with van der Waals surface area (Å²) >= 11 is 1.34. The van der Waals surface area contributed by atoms with Gasteiger partial charge in [0.15, 0.2) is 5.76 Å². The lowest BCUT2D eigenvalue weighted by Gasteiger charge is -2.34. The van der Waals surface area contributed by atoms with Crippen molar-refractivity contribution in [1.29, 1.82) is 0 Å². The Balaban J connectivity index is 1.40. The zero-order valence-corrected chi connectivity index (χ0v) is 17.7. The van der Waals surface area contributed by atoms with Crippen LogP contribution >= 0.6 is 11.8 Å². The summed E-state index contributed by atoms with van der Waals surface area (Å²) in [5.74, 6) is -0.110. The molecule has 10 heteroatoms. The van der Waals surface area contributed by atoms with Gasteiger partial charge >= 0.3 is 6.03 Å². The Morgan fingerprint density at radius 2 is 1.71 bits per heavy atom. The SMILES string of the molecule is CC1(CSc2ccccc2C(=O)N2CCN(C(=O)c3ccco3)CC2)NC(=O)NC1=O. The van der Waals surface area contributed by atoms with E-state index in [2.05, 4.69) is 10.6 Å². The Hall–Kier alpha value is -3.27. The van der Waals surface area contributed by atoms with Crippen LogP contribution in [0.15, 0.2) is 52.0 Å². The Kier molecular flexibility index (Phi) is 5.73. The van der Waals surface area contributed by atoms with Gasteiger partial charge in [0, 0.05) is 36.8 Å². The number of nitrogens with zero attached hydrogens (tertiary/aromatic N) is 2. The van der Waals surface area contributed by atoms with Gasteiger partial charge in [-0.1, -0.05) is 12.1 Å². The van der Waals surface area contributed by atoms with Crippen molar-refractivity contribution < 1.29 is 23.6 Å². The fourth-order valence-corrected chi connectivity index (χ4v) is 4.64. The minimum absolute atomic E-state index is 0.127. The fraction of sp³-hybridized carbons (Fsp3) is 0.333. The second-order valence-corrected chi connectivity index (χ2v) is 8.60. The Morgan fingerprint density at radius 3 is 2.32 bits per heavy atom. The van der Waals surface area contributed by atoms with Crippen molar-refractivity contribution in [2.75, 3.05) is 31.9 Å². The van der Waals surface area contributed by atoms with Gasteiger partial charge in [-0.3, -0.25) is 19.7 Å². The minimum atomic E-state index is -1.03. The number of carbonyl (C=O) groups is 4. The molecule has 2 aliphatic heterocycles. The molecule has 9 nitrogen and oxygen atoms in total.